The van der Waals surface area contributed by atoms with Gasteiger partial charge in [-0.25, -0.2) is 4.98 Å². The van der Waals surface area contributed by atoms with Crippen LogP contribution in [0.4, 0.5) is 0 Å². The first-order valence-corrected chi connectivity index (χ1v) is 7.87. The molecule has 24 heavy (non-hydrogen) atoms. The van der Waals surface area contributed by atoms with Crippen molar-refractivity contribution in [2.75, 3.05) is 0 Å². The first-order valence-electron chi connectivity index (χ1n) is 7.87. The normalized spacial score (nSPS) is 11.4. The molecule has 7 nitrogen and oxygen atoms in total. The van der Waals surface area contributed by atoms with E-state index in [2.05, 4.69) is 20.3 Å². The highest BCUT2D eigenvalue weighted by Gasteiger charge is 2.17. The van der Waals surface area contributed by atoms with E-state index in [1.165, 1.54) is 0 Å². The molecule has 0 aliphatic carbocycles. The van der Waals surface area contributed by atoms with Crippen LogP contribution in [0.1, 0.15) is 19.0 Å². The van der Waals surface area contributed by atoms with Gasteiger partial charge in [0.15, 0.2) is 16.8 Å². The maximum Gasteiger partial charge on any atom is 0.283 e. The summed E-state index contributed by atoms with van der Waals surface area (Å²) in [4.78, 5) is 16.9. The first kappa shape index (κ1) is 14.5. The molecule has 3 aromatic heterocycles. The smallest absolute Gasteiger partial charge is 0.283 e. The van der Waals surface area contributed by atoms with Crippen LogP contribution >= 0.6 is 0 Å². The van der Waals surface area contributed by atoms with Crippen molar-refractivity contribution in [2.45, 2.75) is 26.8 Å². The van der Waals surface area contributed by atoms with Gasteiger partial charge in [0, 0.05) is 6.54 Å². The number of aryl methyl sites for hydroxylation is 2. The van der Waals surface area contributed by atoms with Crippen molar-refractivity contribution >= 4 is 16.8 Å². The minimum Gasteiger partial charge on any atom is -0.297 e. The molecule has 0 spiro atoms. The van der Waals surface area contributed by atoms with Crippen molar-refractivity contribution in [3.63, 3.8) is 0 Å². The topological polar surface area (TPSA) is 78.0 Å². The molecule has 0 saturated carbocycles. The number of rotatable bonds is 3. The van der Waals surface area contributed by atoms with E-state index < -0.39 is 0 Å². The SMILES string of the molecule is CCCn1cnc2c(nnc3c(-c4ccccc4)c(C)nn32)c1=O. The fraction of sp³-hybridized carbons (Fsp3) is 0.235. The maximum atomic E-state index is 12.5. The van der Waals surface area contributed by atoms with Crippen molar-refractivity contribution in [2.24, 2.45) is 0 Å². The molecular formula is C17H16N6O. The van der Waals surface area contributed by atoms with E-state index in [4.69, 9.17) is 0 Å². The Kier molecular flexibility index (Phi) is 3.34. The Morgan fingerprint density at radius 1 is 1.08 bits per heavy atom. The maximum absolute atomic E-state index is 12.5. The number of benzene rings is 1. The van der Waals surface area contributed by atoms with Gasteiger partial charge in [0.1, 0.15) is 6.33 Å². The van der Waals surface area contributed by atoms with Gasteiger partial charge in [-0.1, -0.05) is 37.3 Å². The van der Waals surface area contributed by atoms with Crippen LogP contribution in [-0.4, -0.2) is 29.4 Å². The third-order valence-corrected chi connectivity index (χ3v) is 4.00. The van der Waals surface area contributed by atoms with Gasteiger partial charge in [-0.15, -0.1) is 10.2 Å². The Labute approximate surface area is 137 Å². The van der Waals surface area contributed by atoms with Gasteiger partial charge >= 0.3 is 0 Å². The Bertz CT molecular complexity index is 1100. The van der Waals surface area contributed by atoms with Gasteiger partial charge in [0.2, 0.25) is 0 Å². The molecule has 0 radical (unpaired) electrons. The summed E-state index contributed by atoms with van der Waals surface area (Å²) in [7, 11) is 0. The molecule has 0 unspecified atom stereocenters. The van der Waals surface area contributed by atoms with Crippen LogP contribution in [0, 0.1) is 6.92 Å². The van der Waals surface area contributed by atoms with E-state index in [-0.39, 0.29) is 11.1 Å². The third kappa shape index (κ3) is 2.09. The van der Waals surface area contributed by atoms with Gasteiger partial charge in [-0.05, 0) is 18.9 Å². The Hall–Kier alpha value is -3.09. The monoisotopic (exact) mass is 320 g/mol. The Balaban J connectivity index is 2.04. The summed E-state index contributed by atoms with van der Waals surface area (Å²) >= 11 is 0. The zero-order chi connectivity index (χ0) is 16.7. The fourth-order valence-electron chi connectivity index (χ4n) is 2.91. The van der Waals surface area contributed by atoms with Crippen molar-refractivity contribution < 1.29 is 0 Å². The summed E-state index contributed by atoms with van der Waals surface area (Å²) in [6.45, 7) is 4.53. The zero-order valence-electron chi connectivity index (χ0n) is 13.5. The van der Waals surface area contributed by atoms with Crippen LogP contribution in [0.5, 0.6) is 0 Å². The minimum atomic E-state index is -0.189. The van der Waals surface area contributed by atoms with Crippen molar-refractivity contribution in [3.05, 3.63) is 52.7 Å². The average molecular weight is 320 g/mol. The molecule has 4 rings (SSSR count). The van der Waals surface area contributed by atoms with E-state index in [0.717, 1.165) is 23.2 Å². The molecule has 3 heterocycles. The molecule has 1 aromatic carbocycles. The number of aromatic nitrogens is 6. The second kappa shape index (κ2) is 5.52. The predicted molar refractivity (Wildman–Crippen MR) is 90.8 cm³/mol. The van der Waals surface area contributed by atoms with E-state index in [9.17, 15) is 4.79 Å². The van der Waals surface area contributed by atoms with Gasteiger partial charge in [0.25, 0.3) is 5.56 Å². The number of hydrogen-bond acceptors (Lipinski definition) is 5. The van der Waals surface area contributed by atoms with Gasteiger partial charge in [-0.2, -0.15) is 9.61 Å². The summed E-state index contributed by atoms with van der Waals surface area (Å²) in [5.41, 5.74) is 3.82. The quantitative estimate of drug-likeness (QED) is 0.578. The molecule has 0 amide bonds. The van der Waals surface area contributed by atoms with Crippen LogP contribution in [-0.2, 0) is 6.54 Å². The second-order valence-electron chi connectivity index (χ2n) is 5.68. The van der Waals surface area contributed by atoms with E-state index in [1.54, 1.807) is 15.4 Å². The minimum absolute atomic E-state index is 0.189. The third-order valence-electron chi connectivity index (χ3n) is 4.00. The molecule has 4 aromatic rings. The van der Waals surface area contributed by atoms with E-state index in [1.807, 2.05) is 44.2 Å². The summed E-state index contributed by atoms with van der Waals surface area (Å²) in [5.74, 6) is 0. The highest BCUT2D eigenvalue weighted by Crippen LogP contribution is 2.27. The molecule has 120 valence electrons. The van der Waals surface area contributed by atoms with Crippen molar-refractivity contribution in [1.29, 1.82) is 0 Å². The highest BCUT2D eigenvalue weighted by molar-refractivity contribution is 5.83. The Morgan fingerprint density at radius 2 is 1.88 bits per heavy atom. The largest absolute Gasteiger partial charge is 0.297 e. The fourth-order valence-corrected chi connectivity index (χ4v) is 2.91. The molecule has 0 atom stereocenters. The highest BCUT2D eigenvalue weighted by atomic mass is 16.1. The lowest BCUT2D eigenvalue weighted by Gasteiger charge is -2.05. The van der Waals surface area contributed by atoms with Crippen molar-refractivity contribution in [1.82, 2.24) is 29.4 Å². The molecule has 0 bridgehead atoms. The summed E-state index contributed by atoms with van der Waals surface area (Å²) in [6.07, 6.45) is 2.40. The van der Waals surface area contributed by atoms with E-state index >= 15 is 0 Å². The van der Waals surface area contributed by atoms with Crippen LogP contribution in [0.15, 0.2) is 41.5 Å². The number of nitrogens with zero attached hydrogens (tertiary/aromatic N) is 6. The van der Waals surface area contributed by atoms with Crippen LogP contribution in [0.25, 0.3) is 27.9 Å². The summed E-state index contributed by atoms with van der Waals surface area (Å²) in [5, 5.41) is 12.9. The lowest BCUT2D eigenvalue weighted by atomic mass is 10.1. The molecule has 0 fully saturated rings. The molecule has 7 heteroatoms. The van der Waals surface area contributed by atoms with Crippen LogP contribution in [0.2, 0.25) is 0 Å². The van der Waals surface area contributed by atoms with Crippen LogP contribution in [0.3, 0.4) is 0 Å². The van der Waals surface area contributed by atoms with Crippen LogP contribution < -0.4 is 5.56 Å². The van der Waals surface area contributed by atoms with Gasteiger partial charge < -0.3 is 0 Å². The van der Waals surface area contributed by atoms with Crippen molar-refractivity contribution in [3.8, 4) is 11.1 Å². The lowest BCUT2D eigenvalue weighted by Crippen LogP contribution is -2.22. The Morgan fingerprint density at radius 3 is 2.62 bits per heavy atom. The standard InChI is InChI=1S/C17H16N6O/c1-3-9-22-10-18-16-14(17(22)24)19-20-15-13(11(2)21-23(15)16)12-7-5-4-6-8-12/h4-8,10H,3,9H2,1-2H3. The van der Waals surface area contributed by atoms with Gasteiger partial charge in [-0.3, -0.25) is 9.36 Å². The second-order valence-corrected chi connectivity index (χ2v) is 5.68. The van der Waals surface area contributed by atoms with Gasteiger partial charge in [0.05, 0.1) is 11.3 Å². The molecule has 0 N–H and O–H groups in total. The molecular weight excluding hydrogens is 304 g/mol. The average Bonchev–Trinajstić information content (AvgIpc) is 2.94. The lowest BCUT2D eigenvalue weighted by molar-refractivity contribution is 0.643. The van der Waals surface area contributed by atoms with E-state index in [0.29, 0.717) is 17.8 Å². The number of hydrogen-bond donors (Lipinski definition) is 0. The molecule has 0 saturated heterocycles. The first-order chi connectivity index (χ1) is 11.7. The molecule has 0 aliphatic heterocycles. The number of fused-ring (bicyclic) bond motifs is 3. The summed E-state index contributed by atoms with van der Waals surface area (Å²) in [6, 6.07) is 9.90. The summed E-state index contributed by atoms with van der Waals surface area (Å²) < 4.78 is 3.16. The zero-order valence-corrected chi connectivity index (χ0v) is 13.5. The molecule has 0 aliphatic rings. The predicted octanol–water partition coefficient (Wildman–Crippen LogP) is 2.22.